The summed E-state index contributed by atoms with van der Waals surface area (Å²) in [6, 6.07) is 9.43. The highest BCUT2D eigenvalue weighted by Crippen LogP contribution is 2.39. The van der Waals surface area contributed by atoms with Crippen LogP contribution in [0.15, 0.2) is 60.8 Å². The van der Waals surface area contributed by atoms with E-state index in [1.54, 1.807) is 18.2 Å². The Hall–Kier alpha value is -4.26. The first-order valence-corrected chi connectivity index (χ1v) is 14.1. The van der Waals surface area contributed by atoms with Crippen LogP contribution in [0, 0.1) is 26.5 Å². The van der Waals surface area contributed by atoms with Gasteiger partial charge in [-0.15, -0.1) is 0 Å². The Balaban J connectivity index is 1.65. The molecule has 1 saturated heterocycles. The summed E-state index contributed by atoms with van der Waals surface area (Å²) in [6.07, 6.45) is -1.03. The van der Waals surface area contributed by atoms with Crippen LogP contribution in [0.4, 0.5) is 33.9 Å². The van der Waals surface area contributed by atoms with Crippen molar-refractivity contribution >= 4 is 52.0 Å². The average molecular weight is 707 g/mol. The third-order valence-electron chi connectivity index (χ3n) is 7.04. The molecule has 1 aromatic heterocycles. The molecule has 2 atom stereocenters. The molecule has 1 saturated carbocycles. The molecule has 0 bridgehead atoms. The molecule has 2 aromatic carbocycles. The maximum atomic E-state index is 14.6. The van der Waals surface area contributed by atoms with Gasteiger partial charge >= 0.3 is 6.09 Å². The predicted octanol–water partition coefficient (Wildman–Crippen LogP) is 5.24. The smallest absolute Gasteiger partial charge is 0.416 e. The summed E-state index contributed by atoms with van der Waals surface area (Å²) >= 11 is 1.93. The number of hydrogen-bond donors (Lipinski definition) is 1. The van der Waals surface area contributed by atoms with E-state index in [1.165, 1.54) is 24.4 Å². The zero-order chi connectivity index (χ0) is 30.9. The quantitative estimate of drug-likeness (QED) is 0.266. The van der Waals surface area contributed by atoms with Gasteiger partial charge in [-0.3, -0.25) is 14.5 Å². The van der Waals surface area contributed by atoms with Crippen LogP contribution in [0.25, 0.3) is 0 Å². The second-order valence-electron chi connectivity index (χ2n) is 10.0. The minimum absolute atomic E-state index is 0.0977. The Morgan fingerprint density at radius 1 is 1.14 bits per heavy atom. The van der Waals surface area contributed by atoms with Crippen LogP contribution in [-0.4, -0.2) is 47.5 Å². The molecular formula is C29H22F4IN5O4. The van der Waals surface area contributed by atoms with Gasteiger partial charge in [0.15, 0.2) is 0 Å². The van der Waals surface area contributed by atoms with E-state index in [0.29, 0.717) is 9.64 Å². The molecule has 3 amide bonds. The molecule has 9 nitrogen and oxygen atoms in total. The lowest BCUT2D eigenvalue weighted by Crippen LogP contribution is -2.58. The van der Waals surface area contributed by atoms with E-state index in [1.807, 2.05) is 28.7 Å². The molecule has 14 heteroatoms. The van der Waals surface area contributed by atoms with Crippen molar-refractivity contribution in [3.63, 3.8) is 0 Å². The monoisotopic (exact) mass is 707 g/mol. The topological polar surface area (TPSA) is 116 Å². The van der Waals surface area contributed by atoms with Gasteiger partial charge in [0, 0.05) is 41.1 Å². The van der Waals surface area contributed by atoms with Crippen molar-refractivity contribution in [3.05, 3.63) is 87.1 Å². The van der Waals surface area contributed by atoms with Gasteiger partial charge in [-0.05, 0) is 58.5 Å². The van der Waals surface area contributed by atoms with E-state index in [0.717, 1.165) is 21.9 Å². The number of carbonyl (C=O) groups is 3. The van der Waals surface area contributed by atoms with E-state index in [9.17, 15) is 37.2 Å². The predicted molar refractivity (Wildman–Crippen MR) is 153 cm³/mol. The van der Waals surface area contributed by atoms with Crippen molar-refractivity contribution in [2.24, 2.45) is 0 Å². The molecule has 222 valence electrons. The lowest BCUT2D eigenvalue weighted by molar-refractivity contribution is -0.133. The summed E-state index contributed by atoms with van der Waals surface area (Å²) in [7, 11) is 0. The number of amides is 3. The van der Waals surface area contributed by atoms with Crippen molar-refractivity contribution in [1.82, 2.24) is 10.3 Å². The van der Waals surface area contributed by atoms with Crippen LogP contribution >= 0.6 is 22.6 Å². The van der Waals surface area contributed by atoms with Gasteiger partial charge < -0.3 is 10.1 Å². The summed E-state index contributed by atoms with van der Waals surface area (Å²) in [4.78, 5) is 47.3. The van der Waals surface area contributed by atoms with E-state index in [4.69, 9.17) is 4.74 Å². The fourth-order valence-corrected chi connectivity index (χ4v) is 5.75. The van der Waals surface area contributed by atoms with Gasteiger partial charge in [-0.2, -0.15) is 5.26 Å². The number of halogens is 5. The summed E-state index contributed by atoms with van der Waals surface area (Å²) in [5.74, 6) is -6.93. The van der Waals surface area contributed by atoms with Gasteiger partial charge in [0.2, 0.25) is 5.91 Å². The number of nitrogens with zero attached hydrogens (tertiary/aromatic N) is 4. The molecule has 3 aromatic rings. The fraction of sp³-hybridized carbons (Fsp3) is 0.276. The number of pyridine rings is 1. The lowest BCUT2D eigenvalue weighted by Gasteiger charge is -2.41. The van der Waals surface area contributed by atoms with E-state index < -0.39 is 66.4 Å². The van der Waals surface area contributed by atoms with Crippen molar-refractivity contribution in [2.75, 3.05) is 16.4 Å². The minimum atomic E-state index is -2.95. The van der Waals surface area contributed by atoms with Gasteiger partial charge in [-0.1, -0.05) is 18.2 Å². The standard InChI is InChI=1S/C29H22F4IN5O4/c30-17-10-18(31)12-20(11-17)38(25(21-3-1-2-4-22(21)34)26(40)37-19-13-29(32,33)14-19)27(41)23-6-8-43-28(42)39(23)24-9-16(15-35)5-7-36-24/h1-5,7,9-12,19,23,25H,6,8,13-14H2,(H,37,40)/t23-,25-/m0/s1. The first-order valence-electron chi connectivity index (χ1n) is 13.0. The van der Waals surface area contributed by atoms with Crippen LogP contribution in [-0.2, 0) is 14.3 Å². The number of carbonyl (C=O) groups excluding carboxylic acids is 3. The third kappa shape index (κ3) is 6.41. The van der Waals surface area contributed by atoms with E-state index >= 15 is 0 Å². The average Bonchev–Trinajstić information content (AvgIpc) is 2.94. The minimum Gasteiger partial charge on any atom is -0.449 e. The first kappa shape index (κ1) is 30.2. The van der Waals surface area contributed by atoms with Crippen molar-refractivity contribution < 1.29 is 36.7 Å². The van der Waals surface area contributed by atoms with Gasteiger partial charge in [0.05, 0.1) is 23.9 Å². The van der Waals surface area contributed by atoms with Gasteiger partial charge in [-0.25, -0.2) is 32.2 Å². The number of anilines is 2. The highest BCUT2D eigenvalue weighted by atomic mass is 127. The number of alkyl halides is 2. The molecular weight excluding hydrogens is 685 g/mol. The van der Waals surface area contributed by atoms with Crippen molar-refractivity contribution in [2.45, 2.75) is 43.3 Å². The maximum absolute atomic E-state index is 14.6. The van der Waals surface area contributed by atoms with Crippen LogP contribution in [0.5, 0.6) is 0 Å². The van der Waals surface area contributed by atoms with Gasteiger partial charge in [0.1, 0.15) is 29.5 Å². The Labute approximate surface area is 256 Å². The van der Waals surface area contributed by atoms with Crippen molar-refractivity contribution in [3.8, 4) is 6.07 Å². The molecule has 0 radical (unpaired) electrons. The third-order valence-corrected chi connectivity index (χ3v) is 8.02. The maximum Gasteiger partial charge on any atom is 0.416 e. The van der Waals surface area contributed by atoms with Crippen LogP contribution in [0.3, 0.4) is 0 Å². The Bertz CT molecular complexity index is 1610. The molecule has 2 fully saturated rings. The first-order chi connectivity index (χ1) is 20.5. The summed E-state index contributed by atoms with van der Waals surface area (Å²) in [5, 5.41) is 11.9. The number of cyclic esters (lactones) is 1. The fourth-order valence-electron chi connectivity index (χ4n) is 5.07. The van der Waals surface area contributed by atoms with Crippen LogP contribution in [0.2, 0.25) is 0 Å². The summed E-state index contributed by atoms with van der Waals surface area (Å²) in [6.45, 7) is -0.202. The molecule has 1 aliphatic carbocycles. The number of nitrogens with one attached hydrogen (secondary N) is 1. The Kier molecular flexibility index (Phi) is 8.54. The zero-order valence-electron chi connectivity index (χ0n) is 22.1. The Morgan fingerprint density at radius 3 is 2.49 bits per heavy atom. The lowest BCUT2D eigenvalue weighted by atomic mass is 9.87. The summed E-state index contributed by atoms with van der Waals surface area (Å²) in [5.41, 5.74) is 0.0325. The van der Waals surface area contributed by atoms with E-state index in [2.05, 4.69) is 10.3 Å². The molecule has 0 unspecified atom stereocenters. The molecule has 2 aliphatic rings. The normalized spacial score (nSPS) is 18.6. The summed E-state index contributed by atoms with van der Waals surface area (Å²) < 4.78 is 62.1. The van der Waals surface area contributed by atoms with Gasteiger partial charge in [0.25, 0.3) is 11.8 Å². The number of nitriles is 1. The molecule has 43 heavy (non-hydrogen) atoms. The number of rotatable bonds is 7. The number of hydrogen-bond acceptors (Lipinski definition) is 6. The van der Waals surface area contributed by atoms with Crippen LogP contribution in [0.1, 0.15) is 36.4 Å². The highest BCUT2D eigenvalue weighted by Gasteiger charge is 2.48. The molecule has 2 heterocycles. The largest absolute Gasteiger partial charge is 0.449 e. The number of aromatic nitrogens is 1. The Morgan fingerprint density at radius 2 is 1.84 bits per heavy atom. The number of ether oxygens (including phenoxy) is 1. The highest BCUT2D eigenvalue weighted by molar-refractivity contribution is 14.1. The molecule has 1 aliphatic heterocycles. The van der Waals surface area contributed by atoms with Crippen molar-refractivity contribution in [1.29, 1.82) is 5.26 Å². The SMILES string of the molecule is N#Cc1ccnc(N2C(=O)OCC[C@H]2C(=O)N(c2cc(F)cc(F)c2)[C@H](C(=O)NC2CC(F)(F)C2)c2ccccc2I)c1. The second kappa shape index (κ2) is 12.2. The van der Waals surface area contributed by atoms with E-state index in [-0.39, 0.29) is 35.7 Å². The number of benzene rings is 2. The molecule has 1 N–H and O–H groups in total. The zero-order valence-corrected chi connectivity index (χ0v) is 24.3. The van der Waals surface area contributed by atoms with Crippen LogP contribution < -0.4 is 15.1 Å². The molecule has 0 spiro atoms. The molecule has 5 rings (SSSR count). The second-order valence-corrected chi connectivity index (χ2v) is 11.2.